The van der Waals surface area contributed by atoms with Gasteiger partial charge in [0.2, 0.25) is 0 Å². The number of fused-ring (bicyclic) bond motifs is 1. The van der Waals surface area contributed by atoms with E-state index >= 15 is 0 Å². The van der Waals surface area contributed by atoms with Crippen molar-refractivity contribution in [2.75, 3.05) is 20.3 Å². The largest absolute Gasteiger partial charge is 0.497 e. The minimum atomic E-state index is -0.542. The predicted molar refractivity (Wildman–Crippen MR) is 97.6 cm³/mol. The average molecular weight is 339 g/mol. The van der Waals surface area contributed by atoms with Gasteiger partial charge in [0.25, 0.3) is 0 Å². The molecule has 1 aliphatic rings. The van der Waals surface area contributed by atoms with E-state index in [9.17, 15) is 4.79 Å². The van der Waals surface area contributed by atoms with Gasteiger partial charge >= 0.3 is 5.97 Å². The first kappa shape index (κ1) is 17.5. The lowest BCUT2D eigenvalue weighted by Crippen LogP contribution is -2.43. The molecular weight excluding hydrogens is 314 g/mol. The number of nitrogens with one attached hydrogen (secondary N) is 1. The summed E-state index contributed by atoms with van der Waals surface area (Å²) in [6.07, 6.45) is 1.38. The third kappa shape index (κ3) is 3.85. The molecule has 0 amide bonds. The molecule has 0 aliphatic heterocycles. The number of benzene rings is 2. The highest BCUT2D eigenvalue weighted by Gasteiger charge is 2.45. The van der Waals surface area contributed by atoms with E-state index < -0.39 is 5.41 Å². The molecule has 1 aliphatic carbocycles. The zero-order valence-corrected chi connectivity index (χ0v) is 14.9. The summed E-state index contributed by atoms with van der Waals surface area (Å²) in [6, 6.07) is 16.3. The number of carbonyl (C=O) groups is 1. The van der Waals surface area contributed by atoms with E-state index in [2.05, 4.69) is 23.5 Å². The fourth-order valence-corrected chi connectivity index (χ4v) is 3.53. The van der Waals surface area contributed by atoms with Crippen LogP contribution in [0.4, 0.5) is 0 Å². The van der Waals surface area contributed by atoms with Crippen LogP contribution in [0.3, 0.4) is 0 Å². The van der Waals surface area contributed by atoms with Gasteiger partial charge in [-0.05, 0) is 48.6 Å². The molecule has 1 N–H and O–H groups in total. The van der Waals surface area contributed by atoms with Gasteiger partial charge in [-0.15, -0.1) is 0 Å². The van der Waals surface area contributed by atoms with Crippen LogP contribution in [0.5, 0.6) is 5.75 Å². The minimum absolute atomic E-state index is 0.120. The van der Waals surface area contributed by atoms with Crippen LogP contribution >= 0.6 is 0 Å². The van der Waals surface area contributed by atoms with E-state index in [1.54, 1.807) is 7.11 Å². The number of hydrogen-bond donors (Lipinski definition) is 1. The fraction of sp³-hybridized carbons (Fsp3) is 0.381. The van der Waals surface area contributed by atoms with Crippen molar-refractivity contribution in [1.29, 1.82) is 0 Å². The maximum Gasteiger partial charge on any atom is 0.314 e. The Hall–Kier alpha value is -2.33. The Morgan fingerprint density at radius 1 is 1.12 bits per heavy atom. The summed E-state index contributed by atoms with van der Waals surface area (Å²) in [7, 11) is 1.66. The van der Waals surface area contributed by atoms with Crippen molar-refractivity contribution in [2.24, 2.45) is 5.41 Å². The average Bonchev–Trinajstić information content (AvgIpc) is 3.01. The topological polar surface area (TPSA) is 47.6 Å². The third-order valence-electron chi connectivity index (χ3n) is 4.81. The van der Waals surface area contributed by atoms with Crippen LogP contribution in [0.2, 0.25) is 0 Å². The molecule has 0 spiro atoms. The van der Waals surface area contributed by atoms with Gasteiger partial charge in [-0.2, -0.15) is 0 Å². The van der Waals surface area contributed by atoms with E-state index in [0.29, 0.717) is 26.0 Å². The molecule has 0 saturated heterocycles. The quantitative estimate of drug-likeness (QED) is 0.788. The molecule has 0 fully saturated rings. The molecule has 0 radical (unpaired) electrons. The first-order valence-electron chi connectivity index (χ1n) is 8.74. The molecule has 0 heterocycles. The lowest BCUT2D eigenvalue weighted by molar-refractivity contribution is -0.154. The Bertz CT molecular complexity index is 729. The van der Waals surface area contributed by atoms with Gasteiger partial charge in [-0.25, -0.2) is 0 Å². The molecule has 3 rings (SSSR count). The molecule has 0 saturated carbocycles. The second-order valence-corrected chi connectivity index (χ2v) is 6.58. The van der Waals surface area contributed by atoms with Crippen LogP contribution in [0.1, 0.15) is 23.6 Å². The molecule has 4 heteroatoms. The van der Waals surface area contributed by atoms with Crippen LogP contribution in [0.25, 0.3) is 0 Å². The Balaban J connectivity index is 1.75. The summed E-state index contributed by atoms with van der Waals surface area (Å²) in [5.74, 6) is 0.710. The van der Waals surface area contributed by atoms with E-state index in [-0.39, 0.29) is 5.97 Å². The van der Waals surface area contributed by atoms with Crippen molar-refractivity contribution in [3.63, 3.8) is 0 Å². The monoisotopic (exact) mass is 339 g/mol. The van der Waals surface area contributed by atoms with Crippen molar-refractivity contribution in [3.05, 3.63) is 65.2 Å². The first-order chi connectivity index (χ1) is 12.2. The molecule has 2 aromatic rings. The first-order valence-corrected chi connectivity index (χ1v) is 8.74. The highest BCUT2D eigenvalue weighted by Crippen LogP contribution is 2.39. The minimum Gasteiger partial charge on any atom is -0.497 e. The summed E-state index contributed by atoms with van der Waals surface area (Å²) in [5.41, 5.74) is 3.04. The second kappa shape index (κ2) is 7.70. The van der Waals surface area contributed by atoms with Crippen LogP contribution in [0, 0.1) is 5.41 Å². The normalized spacial score (nSPS) is 18.6. The molecule has 132 valence electrons. The lowest BCUT2D eigenvalue weighted by atomic mass is 9.84. The van der Waals surface area contributed by atoms with Gasteiger partial charge < -0.3 is 14.8 Å². The van der Waals surface area contributed by atoms with E-state index in [4.69, 9.17) is 9.47 Å². The zero-order chi connectivity index (χ0) is 17.7. The molecule has 2 aromatic carbocycles. The van der Waals surface area contributed by atoms with Gasteiger partial charge in [-0.1, -0.05) is 36.4 Å². The summed E-state index contributed by atoms with van der Waals surface area (Å²) >= 11 is 0. The fourth-order valence-electron chi connectivity index (χ4n) is 3.53. The summed E-state index contributed by atoms with van der Waals surface area (Å²) in [5, 5.41) is 3.46. The predicted octanol–water partition coefficient (Wildman–Crippen LogP) is 3.13. The molecule has 0 aromatic heterocycles. The van der Waals surface area contributed by atoms with E-state index in [1.807, 2.05) is 37.3 Å². The van der Waals surface area contributed by atoms with Crippen molar-refractivity contribution in [1.82, 2.24) is 5.32 Å². The molecule has 1 atom stereocenters. The maximum absolute atomic E-state index is 12.7. The molecule has 25 heavy (non-hydrogen) atoms. The van der Waals surface area contributed by atoms with Crippen LogP contribution in [0.15, 0.2) is 48.5 Å². The highest BCUT2D eigenvalue weighted by atomic mass is 16.5. The molecule has 1 unspecified atom stereocenters. The van der Waals surface area contributed by atoms with Gasteiger partial charge in [0.1, 0.15) is 5.75 Å². The van der Waals surface area contributed by atoms with Gasteiger partial charge in [0.05, 0.1) is 19.1 Å². The number of methoxy groups -OCH3 is 1. The van der Waals surface area contributed by atoms with Crippen LogP contribution in [-0.4, -0.2) is 26.2 Å². The number of carbonyl (C=O) groups excluding carboxylic acids is 1. The number of ether oxygens (including phenoxy) is 2. The zero-order valence-electron chi connectivity index (χ0n) is 14.9. The number of esters is 1. The van der Waals surface area contributed by atoms with Crippen molar-refractivity contribution < 1.29 is 14.3 Å². The van der Waals surface area contributed by atoms with Crippen molar-refractivity contribution >= 4 is 5.97 Å². The second-order valence-electron chi connectivity index (χ2n) is 6.58. The van der Waals surface area contributed by atoms with Gasteiger partial charge in [0, 0.05) is 13.1 Å². The Morgan fingerprint density at radius 3 is 2.60 bits per heavy atom. The molecular formula is C21H25NO3. The van der Waals surface area contributed by atoms with Crippen molar-refractivity contribution in [2.45, 2.75) is 26.3 Å². The van der Waals surface area contributed by atoms with Crippen LogP contribution < -0.4 is 10.1 Å². The molecule has 4 nitrogen and oxygen atoms in total. The van der Waals surface area contributed by atoms with E-state index in [1.165, 1.54) is 16.7 Å². The van der Waals surface area contributed by atoms with Crippen molar-refractivity contribution in [3.8, 4) is 5.75 Å². The Morgan fingerprint density at radius 2 is 1.88 bits per heavy atom. The van der Waals surface area contributed by atoms with Gasteiger partial charge in [0.15, 0.2) is 0 Å². The van der Waals surface area contributed by atoms with Crippen LogP contribution in [-0.2, 0) is 28.9 Å². The summed E-state index contributed by atoms with van der Waals surface area (Å²) < 4.78 is 10.7. The Kier molecular flexibility index (Phi) is 5.39. The maximum atomic E-state index is 12.7. The smallest absolute Gasteiger partial charge is 0.314 e. The molecule has 0 bridgehead atoms. The lowest BCUT2D eigenvalue weighted by Gasteiger charge is -2.27. The van der Waals surface area contributed by atoms with Gasteiger partial charge in [-0.3, -0.25) is 4.79 Å². The third-order valence-corrected chi connectivity index (χ3v) is 4.81. The highest BCUT2D eigenvalue weighted by molar-refractivity contribution is 5.79. The standard InChI is InChI=1S/C21H25NO3/c1-3-25-20(23)21(15-22-14-16-7-5-4-6-8-16)12-17-9-10-19(24-2)11-18(17)13-21/h4-11,22H,3,12-15H2,1-2H3. The number of hydrogen-bond acceptors (Lipinski definition) is 4. The SMILES string of the molecule is CCOC(=O)C1(CNCc2ccccc2)Cc2ccc(OC)cc2C1. The summed E-state index contributed by atoms with van der Waals surface area (Å²) in [4.78, 5) is 12.7. The number of rotatable bonds is 7. The Labute approximate surface area is 149 Å². The summed E-state index contributed by atoms with van der Waals surface area (Å²) in [6.45, 7) is 3.59. The van der Waals surface area contributed by atoms with E-state index in [0.717, 1.165) is 12.3 Å².